The van der Waals surface area contributed by atoms with Gasteiger partial charge in [0.25, 0.3) is 5.91 Å². The Labute approximate surface area is 235 Å². The van der Waals surface area contributed by atoms with Crippen molar-refractivity contribution < 1.29 is 33.8 Å². The molecule has 0 unspecified atom stereocenters. The number of rotatable bonds is 10. The summed E-state index contributed by atoms with van der Waals surface area (Å²) in [5.74, 6) is -1.40. The third-order valence-corrected chi connectivity index (χ3v) is 6.35. The molecule has 1 aliphatic rings. The molecule has 1 atom stereocenters. The van der Waals surface area contributed by atoms with E-state index in [0.717, 1.165) is 0 Å². The van der Waals surface area contributed by atoms with E-state index in [2.05, 4.69) is 5.32 Å². The molecule has 1 aromatic rings. The molecule has 1 fully saturated rings. The van der Waals surface area contributed by atoms with Crippen LogP contribution in [0.15, 0.2) is 24.3 Å². The van der Waals surface area contributed by atoms with Gasteiger partial charge in [0.15, 0.2) is 0 Å². The molecule has 1 saturated heterocycles. The number of carbonyl (C=O) groups is 4. The van der Waals surface area contributed by atoms with Gasteiger partial charge in [-0.25, -0.2) is 9.59 Å². The van der Waals surface area contributed by atoms with Crippen LogP contribution in [-0.2, 0) is 19.1 Å². The highest BCUT2D eigenvalue weighted by Gasteiger charge is 2.33. The zero-order chi connectivity index (χ0) is 30.3. The Morgan fingerprint density at radius 1 is 1.07 bits per heavy atom. The number of hydrogen-bond acceptors (Lipinski definition) is 7. The first kappa shape index (κ1) is 32.5. The van der Waals surface area contributed by atoms with Gasteiger partial charge in [-0.3, -0.25) is 15.0 Å². The lowest BCUT2D eigenvalue weighted by Gasteiger charge is -2.36. The molecule has 0 aromatic heterocycles. The number of esters is 1. The van der Waals surface area contributed by atoms with Gasteiger partial charge in [-0.1, -0.05) is 12.1 Å². The number of nitrogens with two attached hydrogens (primary N) is 1. The Morgan fingerprint density at radius 2 is 1.62 bits per heavy atom. The largest absolute Gasteiger partial charge is 0.465 e. The van der Waals surface area contributed by atoms with Gasteiger partial charge in [0.05, 0.1) is 6.10 Å². The number of benzene rings is 1. The van der Waals surface area contributed by atoms with Gasteiger partial charge in [0.1, 0.15) is 24.1 Å². The Balaban J connectivity index is 2.09. The third-order valence-electron chi connectivity index (χ3n) is 6.35. The number of amidine groups is 1. The fraction of sp³-hybridized carbons (Fsp3) is 0.607. The second kappa shape index (κ2) is 13.6. The van der Waals surface area contributed by atoms with Gasteiger partial charge in [0.2, 0.25) is 5.91 Å². The van der Waals surface area contributed by atoms with E-state index in [1.54, 1.807) is 58.6 Å². The van der Waals surface area contributed by atoms with Crippen molar-refractivity contribution in [2.24, 2.45) is 5.73 Å². The average Bonchev–Trinajstić information content (AvgIpc) is 2.84. The summed E-state index contributed by atoms with van der Waals surface area (Å²) >= 11 is 0. The van der Waals surface area contributed by atoms with Gasteiger partial charge in [-0.15, -0.1) is 0 Å². The van der Waals surface area contributed by atoms with Crippen molar-refractivity contribution in [1.29, 1.82) is 5.41 Å². The van der Waals surface area contributed by atoms with Crippen LogP contribution >= 0.6 is 0 Å². The van der Waals surface area contributed by atoms with Gasteiger partial charge < -0.3 is 35.4 Å². The van der Waals surface area contributed by atoms with Crippen molar-refractivity contribution in [3.63, 3.8) is 0 Å². The average molecular weight is 562 g/mol. The number of carbonyl (C=O) groups excluding carboxylic acids is 3. The first-order chi connectivity index (χ1) is 18.5. The lowest BCUT2D eigenvalue weighted by molar-refractivity contribution is -0.163. The summed E-state index contributed by atoms with van der Waals surface area (Å²) in [5, 5.41) is 20.0. The molecule has 0 saturated carbocycles. The molecule has 1 heterocycles. The zero-order valence-electron chi connectivity index (χ0n) is 24.3. The maximum Gasteiger partial charge on any atom is 0.407 e. The van der Waals surface area contributed by atoms with Gasteiger partial charge in [0, 0.05) is 36.3 Å². The van der Waals surface area contributed by atoms with Crippen molar-refractivity contribution in [3.05, 3.63) is 35.4 Å². The summed E-state index contributed by atoms with van der Waals surface area (Å²) in [6.07, 6.45) is -0.245. The first-order valence-electron chi connectivity index (χ1n) is 13.4. The molecule has 1 aromatic carbocycles. The summed E-state index contributed by atoms with van der Waals surface area (Å²) in [6.45, 7) is 11.2. The number of nitrogen functional groups attached to an aromatic ring is 1. The molecule has 0 radical (unpaired) electrons. The standard InChI is InChI=1S/C28H43N5O7/c1-27(2,3)33(26(37)38)16-13-21(31-24(35)19-9-7-18(8-10-19)23(29)30)25(36)32-14-11-20(12-15-32)39-17-22(34)40-28(4,5)6/h7-10,20-21H,11-17H2,1-6H3,(H3,29,30)(H,31,35)(H,37,38)/t21-/m0/s1. The van der Waals surface area contributed by atoms with Crippen LogP contribution in [-0.4, -0.2) is 94.1 Å². The smallest absolute Gasteiger partial charge is 0.407 e. The van der Waals surface area contributed by atoms with Crippen LogP contribution in [0.25, 0.3) is 0 Å². The Bertz CT molecular complexity index is 1070. The van der Waals surface area contributed by atoms with E-state index in [-0.39, 0.29) is 43.0 Å². The molecular formula is C28H43N5O7. The van der Waals surface area contributed by atoms with Crippen molar-refractivity contribution in [2.75, 3.05) is 26.2 Å². The van der Waals surface area contributed by atoms with Crippen LogP contribution in [0.4, 0.5) is 4.79 Å². The second-order valence-electron chi connectivity index (χ2n) is 11.8. The molecule has 2 rings (SSSR count). The molecule has 12 heteroatoms. The summed E-state index contributed by atoms with van der Waals surface area (Å²) in [7, 11) is 0. The molecule has 40 heavy (non-hydrogen) atoms. The molecule has 12 nitrogen and oxygen atoms in total. The highest BCUT2D eigenvalue weighted by molar-refractivity contribution is 5.99. The molecule has 222 valence electrons. The Hall–Kier alpha value is -3.67. The number of nitrogens with one attached hydrogen (secondary N) is 2. The van der Waals surface area contributed by atoms with Crippen LogP contribution in [0.1, 0.15) is 76.7 Å². The summed E-state index contributed by atoms with van der Waals surface area (Å²) < 4.78 is 11.0. The highest BCUT2D eigenvalue weighted by atomic mass is 16.6. The fourth-order valence-electron chi connectivity index (χ4n) is 4.30. The predicted molar refractivity (Wildman–Crippen MR) is 149 cm³/mol. The van der Waals surface area contributed by atoms with E-state index in [9.17, 15) is 24.3 Å². The van der Waals surface area contributed by atoms with E-state index < -0.39 is 35.2 Å². The van der Waals surface area contributed by atoms with Crippen LogP contribution in [0.5, 0.6) is 0 Å². The molecule has 0 spiro atoms. The van der Waals surface area contributed by atoms with E-state index in [1.807, 2.05) is 0 Å². The quantitative estimate of drug-likeness (QED) is 0.191. The first-order valence-corrected chi connectivity index (χ1v) is 13.4. The molecule has 0 bridgehead atoms. The van der Waals surface area contributed by atoms with Gasteiger partial charge in [-0.05, 0) is 72.9 Å². The summed E-state index contributed by atoms with van der Waals surface area (Å²) in [4.78, 5) is 53.3. The highest BCUT2D eigenvalue weighted by Crippen LogP contribution is 2.19. The third kappa shape index (κ3) is 10.1. The fourth-order valence-corrected chi connectivity index (χ4v) is 4.30. The van der Waals surface area contributed by atoms with Gasteiger partial charge in [-0.2, -0.15) is 0 Å². The van der Waals surface area contributed by atoms with E-state index >= 15 is 0 Å². The minimum Gasteiger partial charge on any atom is -0.465 e. The molecule has 5 N–H and O–H groups in total. The van der Waals surface area contributed by atoms with Gasteiger partial charge >= 0.3 is 12.1 Å². The Morgan fingerprint density at radius 3 is 2.10 bits per heavy atom. The number of nitrogens with zero attached hydrogens (tertiary/aromatic N) is 2. The van der Waals surface area contributed by atoms with Crippen LogP contribution < -0.4 is 11.1 Å². The van der Waals surface area contributed by atoms with Crippen molar-refractivity contribution in [3.8, 4) is 0 Å². The number of hydrogen-bond donors (Lipinski definition) is 4. The molecule has 1 aliphatic heterocycles. The maximum atomic E-state index is 13.6. The monoisotopic (exact) mass is 561 g/mol. The summed E-state index contributed by atoms with van der Waals surface area (Å²) in [5.41, 5.74) is 4.93. The number of likely N-dealkylation sites (tertiary alicyclic amines) is 1. The van der Waals surface area contributed by atoms with Crippen LogP contribution in [0.3, 0.4) is 0 Å². The second-order valence-corrected chi connectivity index (χ2v) is 11.8. The topological polar surface area (TPSA) is 175 Å². The lowest BCUT2D eigenvalue weighted by Crippen LogP contribution is -2.54. The molecule has 0 aliphatic carbocycles. The number of amides is 3. The SMILES string of the molecule is CC(C)(C)OC(=O)COC1CCN(C(=O)[C@H](CCN(C(=O)O)C(C)(C)C)NC(=O)c2ccc(C(=N)N)cc2)CC1. The van der Waals surface area contributed by atoms with E-state index in [0.29, 0.717) is 31.5 Å². The lowest BCUT2D eigenvalue weighted by atomic mass is 10.0. The molecular weight excluding hydrogens is 518 g/mol. The predicted octanol–water partition coefficient (Wildman–Crippen LogP) is 2.59. The normalized spacial score (nSPS) is 15.2. The van der Waals surface area contributed by atoms with Crippen LogP contribution in [0, 0.1) is 5.41 Å². The summed E-state index contributed by atoms with van der Waals surface area (Å²) in [6, 6.07) is 5.15. The minimum atomic E-state index is -1.12. The maximum absolute atomic E-state index is 13.6. The number of carboxylic acid groups (broad SMARTS) is 1. The van der Waals surface area contributed by atoms with Crippen molar-refractivity contribution >= 4 is 29.7 Å². The Kier molecular flexibility index (Phi) is 11.1. The zero-order valence-corrected chi connectivity index (χ0v) is 24.3. The van der Waals surface area contributed by atoms with Crippen LogP contribution in [0.2, 0.25) is 0 Å². The van der Waals surface area contributed by atoms with Crippen molar-refractivity contribution in [1.82, 2.24) is 15.1 Å². The van der Waals surface area contributed by atoms with E-state index in [1.165, 1.54) is 17.0 Å². The number of piperidine rings is 1. The number of ether oxygens (including phenoxy) is 2. The van der Waals surface area contributed by atoms with E-state index in [4.69, 9.17) is 20.6 Å². The van der Waals surface area contributed by atoms with Crippen molar-refractivity contribution in [2.45, 2.75) is 84.1 Å². The molecule has 3 amide bonds. The minimum absolute atomic E-state index is 0.0360.